The van der Waals surface area contributed by atoms with E-state index in [0.29, 0.717) is 10.2 Å². The molecule has 2 amide bonds. The Hall–Kier alpha value is -2.63. The molecule has 0 saturated carbocycles. The zero-order chi connectivity index (χ0) is 18.7. The summed E-state index contributed by atoms with van der Waals surface area (Å²) in [5, 5.41) is 13.9. The average molecular weight is 426 g/mol. The van der Waals surface area contributed by atoms with Crippen molar-refractivity contribution in [1.29, 1.82) is 0 Å². The highest BCUT2D eigenvalue weighted by atomic mass is 79.9. The van der Waals surface area contributed by atoms with E-state index in [9.17, 15) is 14.0 Å². The number of nitrogens with one attached hydrogen (secondary N) is 3. The molecule has 4 N–H and O–H groups in total. The second kappa shape index (κ2) is 7.72. The van der Waals surface area contributed by atoms with Crippen molar-refractivity contribution in [3.8, 4) is 0 Å². The largest absolute Gasteiger partial charge is 0.394 e. The number of nitrogens with zero attached hydrogens (tertiary/aromatic N) is 2. The molecule has 0 unspecified atom stereocenters. The molecule has 0 spiro atoms. The number of anilines is 2. The van der Waals surface area contributed by atoms with Crippen LogP contribution < -0.4 is 16.1 Å². The van der Waals surface area contributed by atoms with E-state index in [2.05, 4.69) is 42.0 Å². The summed E-state index contributed by atoms with van der Waals surface area (Å²) in [5.41, 5.74) is 2.32. The number of hydrogen-bond donors (Lipinski definition) is 4. The van der Waals surface area contributed by atoms with E-state index in [4.69, 9.17) is 9.94 Å². The summed E-state index contributed by atoms with van der Waals surface area (Å²) in [6.07, 6.45) is 0. The van der Waals surface area contributed by atoms with Crippen molar-refractivity contribution in [2.45, 2.75) is 6.54 Å². The number of benzene rings is 1. The van der Waals surface area contributed by atoms with Crippen LogP contribution in [-0.2, 0) is 11.4 Å². The van der Waals surface area contributed by atoms with Crippen LogP contribution in [0.5, 0.6) is 0 Å². The number of hydroxylamine groups is 1. The highest BCUT2D eigenvalue weighted by Crippen LogP contribution is 2.25. The zero-order valence-corrected chi connectivity index (χ0v) is 14.8. The standard InChI is InChI=1S/C15H13BrFN5O4/c16-7-1-2-9(8(17)5-7)20-13-12(15(25)22-26-4-3-23)19-10-6-18-14(24)11(10)21-13/h1-2,5,23H,3-4,6H2,(H,18,24)(H,20,21)(H,22,25). The topological polar surface area (TPSA) is 125 Å². The zero-order valence-electron chi connectivity index (χ0n) is 13.2. The molecule has 11 heteroatoms. The third-order valence-corrected chi connectivity index (χ3v) is 3.85. The molecule has 0 fully saturated rings. The lowest BCUT2D eigenvalue weighted by atomic mass is 10.2. The van der Waals surface area contributed by atoms with Gasteiger partial charge in [-0.2, -0.15) is 0 Å². The summed E-state index contributed by atoms with van der Waals surface area (Å²) in [4.78, 5) is 37.1. The first-order chi connectivity index (χ1) is 12.5. The SMILES string of the molecule is O=C1NCc2nc(C(=O)NOCCO)c(Nc3ccc(Br)cc3F)nc21. The molecule has 9 nitrogen and oxygen atoms in total. The second-order valence-corrected chi connectivity index (χ2v) is 6.07. The number of fused-ring (bicyclic) bond motifs is 1. The lowest BCUT2D eigenvalue weighted by Gasteiger charge is -2.12. The van der Waals surface area contributed by atoms with Crippen molar-refractivity contribution in [3.05, 3.63) is 45.6 Å². The maximum Gasteiger partial charge on any atom is 0.297 e. The van der Waals surface area contributed by atoms with Gasteiger partial charge >= 0.3 is 0 Å². The number of amides is 2. The van der Waals surface area contributed by atoms with E-state index in [1.807, 2.05) is 0 Å². The van der Waals surface area contributed by atoms with Gasteiger partial charge in [-0.15, -0.1) is 0 Å². The van der Waals surface area contributed by atoms with Gasteiger partial charge in [0.25, 0.3) is 11.8 Å². The molecule has 1 aromatic carbocycles. The van der Waals surface area contributed by atoms with E-state index in [0.717, 1.165) is 0 Å². The Kier molecular flexibility index (Phi) is 5.40. The van der Waals surface area contributed by atoms with Gasteiger partial charge in [-0.3, -0.25) is 14.4 Å². The number of carbonyl (C=O) groups is 2. The second-order valence-electron chi connectivity index (χ2n) is 5.15. The summed E-state index contributed by atoms with van der Waals surface area (Å²) in [6, 6.07) is 4.28. The Morgan fingerprint density at radius 1 is 1.42 bits per heavy atom. The predicted molar refractivity (Wildman–Crippen MR) is 91.1 cm³/mol. The molecule has 0 aliphatic carbocycles. The highest BCUT2D eigenvalue weighted by molar-refractivity contribution is 9.10. The van der Waals surface area contributed by atoms with Crippen LogP contribution in [0.25, 0.3) is 0 Å². The Labute approximate surface area is 155 Å². The van der Waals surface area contributed by atoms with Crippen LogP contribution in [0.1, 0.15) is 26.7 Å². The molecular formula is C15H13BrFN5O4. The van der Waals surface area contributed by atoms with E-state index in [-0.39, 0.29) is 42.7 Å². The molecule has 2 heterocycles. The molecule has 0 radical (unpaired) electrons. The average Bonchev–Trinajstić information content (AvgIpc) is 2.97. The number of aliphatic hydroxyl groups is 1. The third-order valence-electron chi connectivity index (χ3n) is 3.36. The normalized spacial score (nSPS) is 12.5. The van der Waals surface area contributed by atoms with Gasteiger partial charge < -0.3 is 15.7 Å². The fourth-order valence-corrected chi connectivity index (χ4v) is 2.53. The summed E-state index contributed by atoms with van der Waals surface area (Å²) < 4.78 is 14.6. The van der Waals surface area contributed by atoms with Crippen LogP contribution in [0, 0.1) is 5.82 Å². The van der Waals surface area contributed by atoms with Gasteiger partial charge in [0, 0.05) is 4.47 Å². The summed E-state index contributed by atoms with van der Waals surface area (Å²) in [5.74, 6) is -1.88. The van der Waals surface area contributed by atoms with Crippen molar-refractivity contribution >= 4 is 39.2 Å². The molecule has 0 saturated heterocycles. The van der Waals surface area contributed by atoms with Crippen LogP contribution in [-0.4, -0.2) is 40.1 Å². The smallest absolute Gasteiger partial charge is 0.297 e. The van der Waals surface area contributed by atoms with Crippen molar-refractivity contribution in [3.63, 3.8) is 0 Å². The Morgan fingerprint density at radius 3 is 2.96 bits per heavy atom. The van der Waals surface area contributed by atoms with Gasteiger partial charge in [0.2, 0.25) is 0 Å². The van der Waals surface area contributed by atoms with Gasteiger partial charge in [0.05, 0.1) is 31.1 Å². The number of rotatable bonds is 6. The number of carbonyl (C=O) groups excluding carboxylic acids is 2. The third kappa shape index (κ3) is 3.79. The number of aromatic nitrogens is 2. The van der Waals surface area contributed by atoms with Crippen molar-refractivity contribution in [2.24, 2.45) is 0 Å². The molecule has 1 aromatic heterocycles. The van der Waals surface area contributed by atoms with Gasteiger partial charge in [0.1, 0.15) is 5.82 Å². The Bertz CT molecular complexity index is 879. The van der Waals surface area contributed by atoms with E-state index in [1.165, 1.54) is 12.1 Å². The van der Waals surface area contributed by atoms with E-state index < -0.39 is 17.6 Å². The summed E-state index contributed by atoms with van der Waals surface area (Å²) in [7, 11) is 0. The van der Waals surface area contributed by atoms with Gasteiger partial charge in [-0.05, 0) is 18.2 Å². The van der Waals surface area contributed by atoms with Gasteiger partial charge in [0.15, 0.2) is 17.2 Å². The minimum atomic E-state index is -0.756. The first-order valence-electron chi connectivity index (χ1n) is 7.43. The highest BCUT2D eigenvalue weighted by Gasteiger charge is 2.27. The number of halogens is 2. The molecule has 1 aliphatic heterocycles. The number of aliphatic hydroxyl groups excluding tert-OH is 1. The summed E-state index contributed by atoms with van der Waals surface area (Å²) >= 11 is 3.15. The molecule has 136 valence electrons. The van der Waals surface area contributed by atoms with Crippen LogP contribution in [0.2, 0.25) is 0 Å². The van der Waals surface area contributed by atoms with E-state index >= 15 is 0 Å². The number of hydrogen-bond acceptors (Lipinski definition) is 7. The van der Waals surface area contributed by atoms with Crippen LogP contribution in [0.3, 0.4) is 0 Å². The van der Waals surface area contributed by atoms with Crippen molar-refractivity contribution < 1.29 is 23.9 Å². The first-order valence-corrected chi connectivity index (χ1v) is 8.23. The Morgan fingerprint density at radius 2 is 2.23 bits per heavy atom. The minimum Gasteiger partial charge on any atom is -0.394 e. The quantitative estimate of drug-likeness (QED) is 0.402. The van der Waals surface area contributed by atoms with Gasteiger partial charge in [-0.25, -0.2) is 19.8 Å². The van der Waals surface area contributed by atoms with Crippen LogP contribution >= 0.6 is 15.9 Å². The molecule has 1 aliphatic rings. The maximum atomic E-state index is 14.1. The first kappa shape index (κ1) is 18.2. The monoisotopic (exact) mass is 425 g/mol. The fourth-order valence-electron chi connectivity index (χ4n) is 2.20. The van der Waals surface area contributed by atoms with Crippen LogP contribution in [0.15, 0.2) is 22.7 Å². The van der Waals surface area contributed by atoms with Crippen molar-refractivity contribution in [1.82, 2.24) is 20.8 Å². The molecule has 0 bridgehead atoms. The van der Waals surface area contributed by atoms with Crippen molar-refractivity contribution in [2.75, 3.05) is 18.5 Å². The minimum absolute atomic E-state index is 0.0474. The lowest BCUT2D eigenvalue weighted by molar-refractivity contribution is 0.0165. The molecule has 0 atom stereocenters. The predicted octanol–water partition coefficient (Wildman–Crippen LogP) is 1.02. The lowest BCUT2D eigenvalue weighted by Crippen LogP contribution is -2.27. The molecule has 26 heavy (non-hydrogen) atoms. The Balaban J connectivity index is 1.97. The summed E-state index contributed by atoms with van der Waals surface area (Å²) in [6.45, 7) is -0.274. The van der Waals surface area contributed by atoms with Gasteiger partial charge in [-0.1, -0.05) is 15.9 Å². The van der Waals surface area contributed by atoms with E-state index in [1.54, 1.807) is 6.07 Å². The van der Waals surface area contributed by atoms with Crippen LogP contribution in [0.4, 0.5) is 15.9 Å². The molecule has 2 aromatic rings. The molecule has 3 rings (SSSR count). The fraction of sp³-hybridized carbons (Fsp3) is 0.200. The molecular weight excluding hydrogens is 413 g/mol. The maximum absolute atomic E-state index is 14.1.